The quantitative estimate of drug-likeness (QED) is 0.431. The molecule has 6 nitrogen and oxygen atoms in total. The summed E-state index contributed by atoms with van der Waals surface area (Å²) < 4.78 is 15.2. The summed E-state index contributed by atoms with van der Waals surface area (Å²) in [6.45, 7) is 13.8. The van der Waals surface area contributed by atoms with Gasteiger partial charge in [-0.3, -0.25) is 9.69 Å². The van der Waals surface area contributed by atoms with Crippen molar-refractivity contribution in [1.82, 2.24) is 19.8 Å². The Morgan fingerprint density at radius 2 is 1.64 bits per heavy atom. The summed E-state index contributed by atoms with van der Waals surface area (Å²) in [5.41, 5.74) is 6.02. The van der Waals surface area contributed by atoms with E-state index < -0.39 is 0 Å². The van der Waals surface area contributed by atoms with Crippen LogP contribution < -0.4 is 10.2 Å². The fourth-order valence-corrected chi connectivity index (χ4v) is 4.71. The molecular weight excluding hydrogens is 500 g/mol. The Morgan fingerprint density at radius 1 is 0.972 bits per heavy atom. The number of carbonyl (C=O) groups is 1. The van der Waals surface area contributed by atoms with Gasteiger partial charge in [-0.05, 0) is 82.1 Å². The third-order valence-electron chi connectivity index (χ3n) is 6.80. The van der Waals surface area contributed by atoms with Crippen molar-refractivity contribution in [1.29, 1.82) is 0 Å². The SMILES string of the molecule is Cc1cccc(N2CCN(CCCNC(=O)c3nc(C)n(-c4ccc(F)cc4)c3C)CC2)c1C.Cl.Cl. The third kappa shape index (κ3) is 6.58. The van der Waals surface area contributed by atoms with Crippen molar-refractivity contribution in [2.45, 2.75) is 34.1 Å². The summed E-state index contributed by atoms with van der Waals surface area (Å²) in [6, 6.07) is 12.7. The molecule has 0 radical (unpaired) electrons. The molecule has 0 unspecified atom stereocenters. The zero-order valence-electron chi connectivity index (χ0n) is 21.4. The second-order valence-electron chi connectivity index (χ2n) is 9.06. The zero-order valence-corrected chi connectivity index (χ0v) is 23.0. The number of imidazole rings is 1. The highest BCUT2D eigenvalue weighted by molar-refractivity contribution is 5.93. The largest absolute Gasteiger partial charge is 0.369 e. The topological polar surface area (TPSA) is 53.4 Å². The molecule has 1 aromatic heterocycles. The van der Waals surface area contributed by atoms with E-state index in [1.165, 1.54) is 28.9 Å². The van der Waals surface area contributed by atoms with E-state index in [-0.39, 0.29) is 36.5 Å². The number of nitrogens with zero attached hydrogens (tertiary/aromatic N) is 4. The Balaban J connectivity index is 0.00000228. The number of nitrogens with one attached hydrogen (secondary N) is 1. The first-order valence-electron chi connectivity index (χ1n) is 12.0. The molecule has 1 aliphatic heterocycles. The molecule has 2 heterocycles. The molecule has 0 bridgehead atoms. The van der Waals surface area contributed by atoms with E-state index in [9.17, 15) is 9.18 Å². The van der Waals surface area contributed by atoms with E-state index >= 15 is 0 Å². The summed E-state index contributed by atoms with van der Waals surface area (Å²) in [5.74, 6) is 0.251. The highest BCUT2D eigenvalue weighted by atomic mass is 35.5. The fraction of sp³-hybridized carbons (Fsp3) is 0.407. The molecular formula is C27H36Cl2FN5O. The second kappa shape index (κ2) is 13.1. The predicted octanol–water partition coefficient (Wildman–Crippen LogP) is 5.03. The van der Waals surface area contributed by atoms with Gasteiger partial charge in [0.25, 0.3) is 5.91 Å². The number of amides is 1. The lowest BCUT2D eigenvalue weighted by atomic mass is 10.1. The van der Waals surface area contributed by atoms with Gasteiger partial charge in [-0.15, -0.1) is 24.8 Å². The van der Waals surface area contributed by atoms with Gasteiger partial charge in [0, 0.05) is 44.1 Å². The standard InChI is InChI=1S/C27H34FN5O.2ClH/c1-19-7-5-8-25(20(19)2)32-17-15-31(16-18-32)14-6-13-29-27(34)26-21(3)33(22(4)30-26)24-11-9-23(28)10-12-24;;/h5,7-12H,6,13-18H2,1-4H3,(H,29,34);2*1H. The molecule has 196 valence electrons. The van der Waals surface area contributed by atoms with Crippen LogP contribution in [0.15, 0.2) is 42.5 Å². The Labute approximate surface area is 225 Å². The highest BCUT2D eigenvalue weighted by Gasteiger charge is 2.20. The van der Waals surface area contributed by atoms with Gasteiger partial charge in [0.1, 0.15) is 17.3 Å². The lowest BCUT2D eigenvalue weighted by molar-refractivity contribution is 0.0946. The molecule has 9 heteroatoms. The summed E-state index contributed by atoms with van der Waals surface area (Å²) in [6.07, 6.45) is 0.895. The van der Waals surface area contributed by atoms with Crippen LogP contribution >= 0.6 is 24.8 Å². The number of benzene rings is 2. The molecule has 3 aromatic rings. The van der Waals surface area contributed by atoms with Crippen molar-refractivity contribution in [3.63, 3.8) is 0 Å². The average Bonchev–Trinajstić information content (AvgIpc) is 3.13. The van der Waals surface area contributed by atoms with Crippen molar-refractivity contribution < 1.29 is 9.18 Å². The molecule has 1 amide bonds. The maximum atomic E-state index is 13.3. The van der Waals surface area contributed by atoms with Gasteiger partial charge in [-0.1, -0.05) is 12.1 Å². The first kappa shape index (κ1) is 29.6. The van der Waals surface area contributed by atoms with Gasteiger partial charge in [0.15, 0.2) is 0 Å². The van der Waals surface area contributed by atoms with Gasteiger partial charge in [-0.2, -0.15) is 0 Å². The number of aryl methyl sites for hydroxylation is 2. The van der Waals surface area contributed by atoms with Crippen molar-refractivity contribution in [3.05, 3.63) is 76.6 Å². The second-order valence-corrected chi connectivity index (χ2v) is 9.06. The predicted molar refractivity (Wildman–Crippen MR) is 149 cm³/mol. The number of rotatable bonds is 7. The number of aromatic nitrogens is 2. The Kier molecular flexibility index (Phi) is 10.8. The Hall–Kier alpha value is -2.61. The molecule has 1 saturated heterocycles. The maximum Gasteiger partial charge on any atom is 0.271 e. The zero-order chi connectivity index (χ0) is 24.2. The van der Waals surface area contributed by atoms with Crippen LogP contribution in [0.3, 0.4) is 0 Å². The fourth-order valence-electron chi connectivity index (χ4n) is 4.71. The number of anilines is 1. The summed E-state index contributed by atoms with van der Waals surface area (Å²) in [5, 5.41) is 3.02. The summed E-state index contributed by atoms with van der Waals surface area (Å²) in [4.78, 5) is 22.2. The highest BCUT2D eigenvalue weighted by Crippen LogP contribution is 2.24. The van der Waals surface area contributed by atoms with Crippen LogP contribution in [0.2, 0.25) is 0 Å². The smallest absolute Gasteiger partial charge is 0.271 e. The first-order valence-corrected chi connectivity index (χ1v) is 12.0. The molecule has 0 saturated carbocycles. The Bertz CT molecular complexity index is 1160. The minimum absolute atomic E-state index is 0. The molecule has 1 fully saturated rings. The molecule has 0 spiro atoms. The van der Waals surface area contributed by atoms with E-state index in [0.717, 1.165) is 50.5 Å². The van der Waals surface area contributed by atoms with Gasteiger partial charge in [-0.25, -0.2) is 9.37 Å². The summed E-state index contributed by atoms with van der Waals surface area (Å²) in [7, 11) is 0. The van der Waals surface area contributed by atoms with Crippen LogP contribution in [-0.2, 0) is 0 Å². The number of hydrogen-bond acceptors (Lipinski definition) is 4. The van der Waals surface area contributed by atoms with Crippen LogP contribution in [0, 0.1) is 33.5 Å². The van der Waals surface area contributed by atoms with E-state index in [2.05, 4.69) is 52.1 Å². The van der Waals surface area contributed by atoms with Gasteiger partial charge >= 0.3 is 0 Å². The van der Waals surface area contributed by atoms with Crippen molar-refractivity contribution >= 4 is 36.4 Å². The number of hydrogen-bond donors (Lipinski definition) is 1. The molecule has 1 N–H and O–H groups in total. The van der Waals surface area contributed by atoms with Gasteiger partial charge < -0.3 is 14.8 Å². The monoisotopic (exact) mass is 535 g/mol. The normalized spacial score (nSPS) is 13.6. The number of piperazine rings is 1. The van der Waals surface area contributed by atoms with Crippen LogP contribution in [0.25, 0.3) is 5.69 Å². The first-order chi connectivity index (χ1) is 16.3. The van der Waals surface area contributed by atoms with Crippen molar-refractivity contribution in [3.8, 4) is 5.69 Å². The van der Waals surface area contributed by atoms with E-state index in [4.69, 9.17) is 0 Å². The minimum atomic E-state index is -0.288. The number of halogens is 3. The molecule has 4 rings (SSSR count). The lowest BCUT2D eigenvalue weighted by Crippen LogP contribution is -2.47. The Morgan fingerprint density at radius 3 is 2.31 bits per heavy atom. The van der Waals surface area contributed by atoms with E-state index in [1.807, 2.05) is 18.4 Å². The lowest BCUT2D eigenvalue weighted by Gasteiger charge is -2.37. The maximum absolute atomic E-state index is 13.3. The van der Waals surface area contributed by atoms with Gasteiger partial charge in [0.2, 0.25) is 0 Å². The number of carbonyl (C=O) groups excluding carboxylic acids is 1. The third-order valence-corrected chi connectivity index (χ3v) is 6.80. The molecule has 1 aliphatic rings. The van der Waals surface area contributed by atoms with E-state index in [1.54, 1.807) is 12.1 Å². The van der Waals surface area contributed by atoms with Gasteiger partial charge in [0.05, 0.1) is 5.69 Å². The molecule has 2 aromatic carbocycles. The van der Waals surface area contributed by atoms with E-state index in [0.29, 0.717) is 18.1 Å². The molecule has 0 aliphatic carbocycles. The van der Waals surface area contributed by atoms with Crippen LogP contribution in [0.5, 0.6) is 0 Å². The van der Waals surface area contributed by atoms with Crippen LogP contribution in [0.1, 0.15) is 39.6 Å². The summed E-state index contributed by atoms with van der Waals surface area (Å²) >= 11 is 0. The van der Waals surface area contributed by atoms with Crippen LogP contribution in [-0.4, -0.2) is 59.6 Å². The van der Waals surface area contributed by atoms with Crippen LogP contribution in [0.4, 0.5) is 10.1 Å². The van der Waals surface area contributed by atoms with Crippen molar-refractivity contribution in [2.24, 2.45) is 0 Å². The average molecular weight is 537 g/mol. The van der Waals surface area contributed by atoms with Crippen molar-refractivity contribution in [2.75, 3.05) is 44.2 Å². The molecule has 0 atom stereocenters. The minimum Gasteiger partial charge on any atom is -0.369 e. The molecule has 36 heavy (non-hydrogen) atoms.